The molecule has 0 saturated carbocycles. The van der Waals surface area contributed by atoms with Crippen LogP contribution in [0.5, 0.6) is 0 Å². The minimum atomic E-state index is -3.56. The highest BCUT2D eigenvalue weighted by Gasteiger charge is 2.32. The van der Waals surface area contributed by atoms with Gasteiger partial charge in [-0.05, 0) is 19.9 Å². The van der Waals surface area contributed by atoms with Gasteiger partial charge in [-0.2, -0.15) is 4.31 Å². The first kappa shape index (κ1) is 12.4. The number of nitrogens with one attached hydrogen (secondary N) is 1. The van der Waals surface area contributed by atoms with E-state index in [1.807, 2.05) is 6.92 Å². The van der Waals surface area contributed by atoms with Gasteiger partial charge in [0.25, 0.3) is 15.2 Å². The Bertz CT molecular complexity index is 503. The van der Waals surface area contributed by atoms with Gasteiger partial charge in [-0.3, -0.25) is 0 Å². The van der Waals surface area contributed by atoms with Crippen LogP contribution in [0, 0.1) is 6.92 Å². The van der Waals surface area contributed by atoms with Crippen molar-refractivity contribution in [3.8, 4) is 0 Å². The van der Waals surface area contributed by atoms with Gasteiger partial charge in [0, 0.05) is 37.6 Å². The SMILES string of the molecule is Cc1ccnc(S(=O)(=O)N2CCNC[C@@H]2C)n1. The zero-order chi connectivity index (χ0) is 12.5. The van der Waals surface area contributed by atoms with Crippen molar-refractivity contribution in [2.45, 2.75) is 25.0 Å². The van der Waals surface area contributed by atoms with Gasteiger partial charge >= 0.3 is 0 Å². The van der Waals surface area contributed by atoms with Crippen molar-refractivity contribution in [3.05, 3.63) is 18.0 Å². The first-order valence-corrected chi connectivity index (χ1v) is 6.98. The summed E-state index contributed by atoms with van der Waals surface area (Å²) in [5.41, 5.74) is 0.654. The van der Waals surface area contributed by atoms with Gasteiger partial charge in [0.15, 0.2) is 0 Å². The molecular formula is C10H16N4O2S. The van der Waals surface area contributed by atoms with E-state index in [1.165, 1.54) is 10.5 Å². The van der Waals surface area contributed by atoms with Gasteiger partial charge in [0.2, 0.25) is 0 Å². The third-order valence-electron chi connectivity index (χ3n) is 2.75. The molecule has 0 radical (unpaired) electrons. The van der Waals surface area contributed by atoms with E-state index >= 15 is 0 Å². The van der Waals surface area contributed by atoms with Crippen LogP contribution in [-0.2, 0) is 10.0 Å². The van der Waals surface area contributed by atoms with E-state index in [0.29, 0.717) is 25.3 Å². The summed E-state index contributed by atoms with van der Waals surface area (Å²) in [4.78, 5) is 7.85. The van der Waals surface area contributed by atoms with E-state index in [9.17, 15) is 8.42 Å². The van der Waals surface area contributed by atoms with Gasteiger partial charge in [-0.25, -0.2) is 18.4 Å². The van der Waals surface area contributed by atoms with Crippen molar-refractivity contribution >= 4 is 10.0 Å². The second-order valence-corrected chi connectivity index (χ2v) is 5.93. The molecule has 0 aliphatic carbocycles. The van der Waals surface area contributed by atoms with E-state index in [2.05, 4.69) is 15.3 Å². The lowest BCUT2D eigenvalue weighted by Crippen LogP contribution is -2.52. The zero-order valence-corrected chi connectivity index (χ0v) is 10.7. The fourth-order valence-electron chi connectivity index (χ4n) is 1.83. The van der Waals surface area contributed by atoms with Crippen molar-refractivity contribution in [3.63, 3.8) is 0 Å². The Morgan fingerprint density at radius 1 is 1.53 bits per heavy atom. The van der Waals surface area contributed by atoms with Crippen LogP contribution >= 0.6 is 0 Å². The van der Waals surface area contributed by atoms with Crippen LogP contribution in [0.4, 0.5) is 0 Å². The molecule has 1 fully saturated rings. The zero-order valence-electron chi connectivity index (χ0n) is 9.92. The summed E-state index contributed by atoms with van der Waals surface area (Å²) < 4.78 is 26.1. The van der Waals surface area contributed by atoms with Crippen molar-refractivity contribution in [2.24, 2.45) is 0 Å². The summed E-state index contributed by atoms with van der Waals surface area (Å²) in [6.07, 6.45) is 1.47. The molecule has 7 heteroatoms. The predicted octanol–water partition coefficient (Wildman–Crippen LogP) is -0.233. The van der Waals surface area contributed by atoms with Crippen LogP contribution in [0.15, 0.2) is 17.4 Å². The van der Waals surface area contributed by atoms with Crippen LogP contribution in [0.25, 0.3) is 0 Å². The van der Waals surface area contributed by atoms with Crippen molar-refractivity contribution < 1.29 is 8.42 Å². The van der Waals surface area contributed by atoms with E-state index in [-0.39, 0.29) is 11.2 Å². The van der Waals surface area contributed by atoms with Crippen LogP contribution in [0.2, 0.25) is 0 Å². The summed E-state index contributed by atoms with van der Waals surface area (Å²) in [7, 11) is -3.56. The van der Waals surface area contributed by atoms with Crippen LogP contribution in [-0.4, -0.2) is 48.4 Å². The molecule has 1 aromatic rings. The molecule has 1 N–H and O–H groups in total. The molecule has 1 aromatic heterocycles. The standard InChI is InChI=1S/C10H16N4O2S/c1-8-3-4-12-10(13-8)17(15,16)14-6-5-11-7-9(14)2/h3-4,9,11H,5-7H2,1-2H3/t9-/m0/s1. The molecule has 1 saturated heterocycles. The van der Waals surface area contributed by atoms with Gasteiger partial charge in [-0.15, -0.1) is 0 Å². The van der Waals surface area contributed by atoms with Gasteiger partial charge < -0.3 is 5.32 Å². The Labute approximate surface area is 101 Å². The number of sulfonamides is 1. The molecule has 0 amide bonds. The minimum absolute atomic E-state index is 0.0714. The summed E-state index contributed by atoms with van der Waals surface area (Å²) in [6.45, 7) is 5.41. The van der Waals surface area contributed by atoms with Crippen molar-refractivity contribution in [2.75, 3.05) is 19.6 Å². The monoisotopic (exact) mass is 256 g/mol. The molecule has 1 aliphatic heterocycles. The van der Waals surface area contributed by atoms with Crippen LogP contribution in [0.1, 0.15) is 12.6 Å². The Kier molecular flexibility index (Phi) is 3.41. The number of hydrogen-bond acceptors (Lipinski definition) is 5. The van der Waals surface area contributed by atoms with E-state index < -0.39 is 10.0 Å². The van der Waals surface area contributed by atoms with Crippen LogP contribution in [0.3, 0.4) is 0 Å². The predicted molar refractivity (Wildman–Crippen MR) is 63.0 cm³/mol. The Balaban J connectivity index is 2.35. The third-order valence-corrected chi connectivity index (χ3v) is 4.57. The maximum absolute atomic E-state index is 12.3. The van der Waals surface area contributed by atoms with Gasteiger partial charge in [0.05, 0.1) is 0 Å². The highest BCUT2D eigenvalue weighted by molar-refractivity contribution is 7.89. The quantitative estimate of drug-likeness (QED) is 0.740. The number of aromatic nitrogens is 2. The highest BCUT2D eigenvalue weighted by atomic mass is 32.2. The molecular weight excluding hydrogens is 240 g/mol. The molecule has 94 valence electrons. The molecule has 0 bridgehead atoms. The Hall–Kier alpha value is -1.05. The first-order valence-electron chi connectivity index (χ1n) is 5.54. The minimum Gasteiger partial charge on any atom is -0.314 e. The van der Waals surface area contributed by atoms with E-state index in [4.69, 9.17) is 0 Å². The van der Waals surface area contributed by atoms with Crippen molar-refractivity contribution in [1.82, 2.24) is 19.6 Å². The molecule has 17 heavy (non-hydrogen) atoms. The Morgan fingerprint density at radius 2 is 2.29 bits per heavy atom. The smallest absolute Gasteiger partial charge is 0.279 e. The lowest BCUT2D eigenvalue weighted by atomic mass is 10.3. The highest BCUT2D eigenvalue weighted by Crippen LogP contribution is 2.15. The third kappa shape index (κ3) is 2.46. The fourth-order valence-corrected chi connectivity index (χ4v) is 3.38. The Morgan fingerprint density at radius 3 is 2.94 bits per heavy atom. The molecule has 2 rings (SSSR count). The maximum Gasteiger partial charge on any atom is 0.279 e. The first-order chi connectivity index (χ1) is 8.01. The second kappa shape index (κ2) is 4.67. The normalized spacial score (nSPS) is 22.6. The number of piperazine rings is 1. The fraction of sp³-hybridized carbons (Fsp3) is 0.600. The molecule has 2 heterocycles. The maximum atomic E-state index is 12.3. The van der Waals surface area contributed by atoms with Gasteiger partial charge in [-0.1, -0.05) is 0 Å². The van der Waals surface area contributed by atoms with E-state index in [0.717, 1.165) is 0 Å². The number of aryl methyl sites for hydroxylation is 1. The van der Waals surface area contributed by atoms with Crippen molar-refractivity contribution in [1.29, 1.82) is 0 Å². The summed E-state index contributed by atoms with van der Waals surface area (Å²) >= 11 is 0. The topological polar surface area (TPSA) is 75.2 Å². The largest absolute Gasteiger partial charge is 0.314 e. The van der Waals surface area contributed by atoms with Gasteiger partial charge in [0.1, 0.15) is 0 Å². The molecule has 0 aromatic carbocycles. The molecule has 0 unspecified atom stereocenters. The summed E-state index contributed by atoms with van der Waals surface area (Å²) in [5.74, 6) is 0. The average molecular weight is 256 g/mol. The van der Waals surface area contributed by atoms with Crippen LogP contribution < -0.4 is 5.32 Å². The summed E-state index contributed by atoms with van der Waals surface area (Å²) in [6, 6.07) is 1.61. The number of hydrogen-bond donors (Lipinski definition) is 1. The molecule has 0 spiro atoms. The second-order valence-electron chi connectivity index (χ2n) is 4.15. The number of nitrogens with zero attached hydrogens (tertiary/aromatic N) is 3. The molecule has 1 atom stereocenters. The average Bonchev–Trinajstić information content (AvgIpc) is 2.29. The number of rotatable bonds is 2. The lowest BCUT2D eigenvalue weighted by molar-refractivity contribution is 0.282. The van der Waals surface area contributed by atoms with E-state index in [1.54, 1.807) is 13.0 Å². The molecule has 1 aliphatic rings. The molecule has 6 nitrogen and oxygen atoms in total. The lowest BCUT2D eigenvalue weighted by Gasteiger charge is -2.32. The summed E-state index contributed by atoms with van der Waals surface area (Å²) in [5, 5.41) is 3.05.